The van der Waals surface area contributed by atoms with E-state index in [0.717, 1.165) is 12.1 Å². The molecule has 1 aliphatic rings. The van der Waals surface area contributed by atoms with Crippen LogP contribution in [0.5, 0.6) is 0 Å². The van der Waals surface area contributed by atoms with E-state index in [9.17, 15) is 4.79 Å². The van der Waals surface area contributed by atoms with Crippen LogP contribution in [0.15, 0.2) is 30.3 Å². The number of nitrogens with one attached hydrogen (secondary N) is 2. The number of rotatable bonds is 4. The summed E-state index contributed by atoms with van der Waals surface area (Å²) in [5.74, 6) is 0.0641. The van der Waals surface area contributed by atoms with Gasteiger partial charge >= 0.3 is 6.09 Å². The summed E-state index contributed by atoms with van der Waals surface area (Å²) < 4.78 is 5.12. The van der Waals surface area contributed by atoms with E-state index >= 15 is 0 Å². The molecular formula is C13H18N2O3. The number of amides is 1. The number of hydrogen-bond acceptors (Lipinski definition) is 4. The number of alkyl carbamates (subject to hydrolysis) is 1. The van der Waals surface area contributed by atoms with Gasteiger partial charge < -0.3 is 20.5 Å². The summed E-state index contributed by atoms with van der Waals surface area (Å²) in [4.78, 5) is 11.6. The van der Waals surface area contributed by atoms with Crippen LogP contribution in [0.1, 0.15) is 5.56 Å². The van der Waals surface area contributed by atoms with Crippen molar-refractivity contribution in [2.45, 2.75) is 12.6 Å². The number of aliphatic hydroxyl groups excluding tert-OH is 1. The van der Waals surface area contributed by atoms with Gasteiger partial charge in [0.05, 0.1) is 6.04 Å². The van der Waals surface area contributed by atoms with Gasteiger partial charge in [0.25, 0.3) is 0 Å². The minimum atomic E-state index is -0.439. The van der Waals surface area contributed by atoms with Gasteiger partial charge in [0.1, 0.15) is 6.61 Å². The average Bonchev–Trinajstić information content (AvgIpc) is 2.85. The van der Waals surface area contributed by atoms with Gasteiger partial charge in [-0.1, -0.05) is 30.3 Å². The van der Waals surface area contributed by atoms with E-state index in [2.05, 4.69) is 10.6 Å². The standard InChI is InChI=1S/C13H18N2O3/c16-8-11-6-14-7-12(11)15-13(17)18-9-10-4-2-1-3-5-10/h1-5,11-12,14,16H,6-9H2,(H,15,17)/t11-,12-/m1/s1. The molecule has 0 spiro atoms. The average molecular weight is 250 g/mol. The monoisotopic (exact) mass is 250 g/mol. The Labute approximate surface area is 106 Å². The van der Waals surface area contributed by atoms with Gasteiger partial charge in [-0.15, -0.1) is 0 Å². The van der Waals surface area contributed by atoms with E-state index in [-0.39, 0.29) is 25.2 Å². The molecule has 1 aromatic carbocycles. The molecule has 0 aliphatic carbocycles. The van der Waals surface area contributed by atoms with Crippen molar-refractivity contribution in [2.24, 2.45) is 5.92 Å². The topological polar surface area (TPSA) is 70.6 Å². The van der Waals surface area contributed by atoms with Crippen LogP contribution in [0, 0.1) is 5.92 Å². The Kier molecular flexibility index (Phi) is 4.55. The molecule has 1 saturated heterocycles. The third-order valence-electron chi connectivity index (χ3n) is 3.09. The van der Waals surface area contributed by atoms with Crippen molar-refractivity contribution in [1.82, 2.24) is 10.6 Å². The predicted molar refractivity (Wildman–Crippen MR) is 67.0 cm³/mol. The lowest BCUT2D eigenvalue weighted by atomic mass is 10.1. The second-order valence-electron chi connectivity index (χ2n) is 4.41. The van der Waals surface area contributed by atoms with Crippen molar-refractivity contribution < 1.29 is 14.6 Å². The third-order valence-corrected chi connectivity index (χ3v) is 3.09. The Morgan fingerprint density at radius 3 is 2.89 bits per heavy atom. The second-order valence-corrected chi connectivity index (χ2v) is 4.41. The maximum absolute atomic E-state index is 11.6. The Hall–Kier alpha value is -1.59. The van der Waals surface area contributed by atoms with Gasteiger partial charge in [-0.05, 0) is 5.56 Å². The highest BCUT2D eigenvalue weighted by molar-refractivity contribution is 5.67. The molecule has 5 heteroatoms. The summed E-state index contributed by atoms with van der Waals surface area (Å²) in [6.45, 7) is 1.72. The first-order valence-electron chi connectivity index (χ1n) is 6.08. The lowest BCUT2D eigenvalue weighted by Crippen LogP contribution is -2.41. The van der Waals surface area contributed by atoms with Crippen LogP contribution in [-0.2, 0) is 11.3 Å². The van der Waals surface area contributed by atoms with Crippen molar-refractivity contribution in [3.8, 4) is 0 Å². The Morgan fingerprint density at radius 1 is 1.39 bits per heavy atom. The molecule has 2 atom stereocenters. The van der Waals surface area contributed by atoms with Crippen LogP contribution in [0.3, 0.4) is 0 Å². The molecule has 3 N–H and O–H groups in total. The summed E-state index contributed by atoms with van der Waals surface area (Å²) in [5.41, 5.74) is 0.955. The quantitative estimate of drug-likeness (QED) is 0.727. The first-order chi connectivity index (χ1) is 8.79. The van der Waals surface area contributed by atoms with Crippen molar-refractivity contribution >= 4 is 6.09 Å². The molecular weight excluding hydrogens is 232 g/mol. The Balaban J connectivity index is 1.75. The highest BCUT2D eigenvalue weighted by atomic mass is 16.5. The van der Waals surface area contributed by atoms with Crippen LogP contribution < -0.4 is 10.6 Å². The van der Waals surface area contributed by atoms with E-state index in [1.807, 2.05) is 30.3 Å². The lowest BCUT2D eigenvalue weighted by Gasteiger charge is -2.17. The van der Waals surface area contributed by atoms with Crippen molar-refractivity contribution in [3.63, 3.8) is 0 Å². The van der Waals surface area contributed by atoms with Gasteiger partial charge in [0, 0.05) is 25.6 Å². The lowest BCUT2D eigenvalue weighted by molar-refractivity contribution is 0.130. The minimum Gasteiger partial charge on any atom is -0.445 e. The zero-order valence-electron chi connectivity index (χ0n) is 10.1. The molecule has 0 unspecified atom stereocenters. The van der Waals surface area contributed by atoms with Crippen LogP contribution in [-0.4, -0.2) is 36.9 Å². The largest absolute Gasteiger partial charge is 0.445 e. The smallest absolute Gasteiger partial charge is 0.407 e. The fraction of sp³-hybridized carbons (Fsp3) is 0.462. The van der Waals surface area contributed by atoms with Gasteiger partial charge in [0.15, 0.2) is 0 Å². The molecule has 1 heterocycles. The molecule has 0 bridgehead atoms. The molecule has 98 valence electrons. The number of hydrogen-bond donors (Lipinski definition) is 3. The first kappa shape index (κ1) is 12.9. The molecule has 18 heavy (non-hydrogen) atoms. The van der Waals surface area contributed by atoms with E-state index < -0.39 is 6.09 Å². The molecule has 1 fully saturated rings. The number of aliphatic hydroxyl groups is 1. The third kappa shape index (κ3) is 3.45. The van der Waals surface area contributed by atoms with E-state index in [1.54, 1.807) is 0 Å². The molecule has 2 rings (SSSR count). The normalized spacial score (nSPS) is 22.7. The number of carbonyl (C=O) groups is 1. The maximum Gasteiger partial charge on any atom is 0.407 e. The van der Waals surface area contributed by atoms with Crippen LogP contribution >= 0.6 is 0 Å². The molecule has 5 nitrogen and oxygen atoms in total. The van der Waals surface area contributed by atoms with E-state index in [4.69, 9.17) is 9.84 Å². The first-order valence-corrected chi connectivity index (χ1v) is 6.08. The Bertz CT molecular complexity index is 383. The van der Waals surface area contributed by atoms with Crippen LogP contribution in [0.2, 0.25) is 0 Å². The summed E-state index contributed by atoms with van der Waals surface area (Å²) in [5, 5.41) is 15.0. The molecule has 1 aromatic rings. The molecule has 0 saturated carbocycles. The minimum absolute atomic E-state index is 0.0572. The molecule has 0 radical (unpaired) electrons. The zero-order chi connectivity index (χ0) is 12.8. The van der Waals surface area contributed by atoms with Gasteiger partial charge in [-0.2, -0.15) is 0 Å². The van der Waals surface area contributed by atoms with Crippen molar-refractivity contribution in [3.05, 3.63) is 35.9 Å². The number of carbonyl (C=O) groups excluding carboxylic acids is 1. The van der Waals surface area contributed by atoms with Crippen LogP contribution in [0.4, 0.5) is 4.79 Å². The predicted octanol–water partition coefficient (Wildman–Crippen LogP) is 0.493. The van der Waals surface area contributed by atoms with E-state index in [0.29, 0.717) is 6.54 Å². The highest BCUT2D eigenvalue weighted by Crippen LogP contribution is 2.08. The summed E-state index contributed by atoms with van der Waals surface area (Å²) in [7, 11) is 0. The molecule has 0 aromatic heterocycles. The summed E-state index contributed by atoms with van der Waals surface area (Å²) in [6.07, 6.45) is -0.439. The number of ether oxygens (including phenoxy) is 1. The summed E-state index contributed by atoms with van der Waals surface area (Å²) >= 11 is 0. The fourth-order valence-corrected chi connectivity index (χ4v) is 2.01. The maximum atomic E-state index is 11.6. The van der Waals surface area contributed by atoms with Gasteiger partial charge in [0.2, 0.25) is 0 Å². The van der Waals surface area contributed by atoms with Crippen molar-refractivity contribution in [2.75, 3.05) is 19.7 Å². The molecule has 1 aliphatic heterocycles. The molecule has 1 amide bonds. The zero-order valence-corrected chi connectivity index (χ0v) is 10.1. The summed E-state index contributed by atoms with van der Waals surface area (Å²) in [6, 6.07) is 9.47. The fourth-order valence-electron chi connectivity index (χ4n) is 2.01. The van der Waals surface area contributed by atoms with Crippen LogP contribution in [0.25, 0.3) is 0 Å². The number of benzene rings is 1. The highest BCUT2D eigenvalue weighted by Gasteiger charge is 2.27. The Morgan fingerprint density at radius 2 is 2.17 bits per heavy atom. The van der Waals surface area contributed by atoms with E-state index in [1.165, 1.54) is 0 Å². The van der Waals surface area contributed by atoms with Crippen molar-refractivity contribution in [1.29, 1.82) is 0 Å². The van der Waals surface area contributed by atoms with Gasteiger partial charge in [-0.25, -0.2) is 4.79 Å². The SMILES string of the molecule is O=C(N[C@@H]1CNC[C@@H]1CO)OCc1ccccc1. The second kappa shape index (κ2) is 6.37. The van der Waals surface area contributed by atoms with Gasteiger partial charge in [-0.3, -0.25) is 0 Å².